The van der Waals surface area contributed by atoms with E-state index >= 15 is 0 Å². The summed E-state index contributed by atoms with van der Waals surface area (Å²) >= 11 is 5.72. The highest BCUT2D eigenvalue weighted by molar-refractivity contribution is 7.89. The molecular weight excluding hydrogens is 340 g/mol. The second-order valence-electron chi connectivity index (χ2n) is 5.66. The van der Waals surface area contributed by atoms with Gasteiger partial charge in [0.05, 0.1) is 4.90 Å². The van der Waals surface area contributed by atoms with Gasteiger partial charge in [-0.2, -0.15) is 0 Å². The first kappa shape index (κ1) is 19.5. The summed E-state index contributed by atoms with van der Waals surface area (Å²) in [4.78, 5) is 11.5. The van der Waals surface area contributed by atoms with Crippen molar-refractivity contribution in [1.29, 1.82) is 0 Å². The van der Waals surface area contributed by atoms with Crippen LogP contribution < -0.4 is 10.0 Å². The van der Waals surface area contributed by atoms with E-state index < -0.39 is 21.7 Å². The highest BCUT2D eigenvalue weighted by Crippen LogP contribution is 2.13. The van der Waals surface area contributed by atoms with Crippen LogP contribution in [-0.2, 0) is 14.8 Å². The number of rotatable bonds is 6. The SMILES string of the molecule is CC(C)(C)OC(=O)NC/C=C/CNS(=O)(=O)c1ccc(Cl)cc1. The fourth-order valence-corrected chi connectivity index (χ4v) is 2.58. The molecule has 0 radical (unpaired) electrons. The lowest BCUT2D eigenvalue weighted by molar-refractivity contribution is 0.0534. The molecule has 0 bridgehead atoms. The minimum absolute atomic E-state index is 0.112. The number of hydrogen-bond donors (Lipinski definition) is 2. The molecule has 6 nitrogen and oxygen atoms in total. The summed E-state index contributed by atoms with van der Waals surface area (Å²) in [6, 6.07) is 5.88. The molecule has 0 fully saturated rings. The van der Waals surface area contributed by atoms with Gasteiger partial charge in [0, 0.05) is 18.1 Å². The maximum atomic E-state index is 12.0. The first-order valence-corrected chi connectivity index (χ1v) is 8.83. The number of carbonyl (C=O) groups excluding carboxylic acids is 1. The Morgan fingerprint density at radius 2 is 1.74 bits per heavy atom. The number of nitrogens with one attached hydrogen (secondary N) is 2. The first-order valence-electron chi connectivity index (χ1n) is 6.97. The maximum absolute atomic E-state index is 12.0. The standard InChI is InChI=1S/C15H21ClN2O4S/c1-15(2,3)22-14(19)17-10-4-5-11-18-23(20,21)13-8-6-12(16)7-9-13/h4-9,18H,10-11H2,1-3H3,(H,17,19)/b5-4+. The van der Waals surface area contributed by atoms with Crippen LogP contribution >= 0.6 is 11.6 Å². The Morgan fingerprint density at radius 3 is 2.30 bits per heavy atom. The number of halogens is 1. The van der Waals surface area contributed by atoms with Crippen molar-refractivity contribution in [2.45, 2.75) is 31.3 Å². The Morgan fingerprint density at radius 1 is 1.17 bits per heavy atom. The van der Waals surface area contributed by atoms with Crippen molar-refractivity contribution in [3.05, 3.63) is 41.4 Å². The molecule has 0 saturated heterocycles. The second kappa shape index (κ2) is 8.33. The number of alkyl carbamates (subject to hydrolysis) is 1. The first-order chi connectivity index (χ1) is 10.6. The molecule has 0 spiro atoms. The number of benzene rings is 1. The highest BCUT2D eigenvalue weighted by atomic mass is 35.5. The van der Waals surface area contributed by atoms with E-state index in [4.69, 9.17) is 16.3 Å². The lowest BCUT2D eigenvalue weighted by atomic mass is 10.2. The quantitative estimate of drug-likeness (QED) is 0.764. The Labute approximate surface area is 141 Å². The summed E-state index contributed by atoms with van der Waals surface area (Å²) in [6.07, 6.45) is 2.71. The van der Waals surface area contributed by atoms with E-state index in [1.54, 1.807) is 32.9 Å². The lowest BCUT2D eigenvalue weighted by Crippen LogP contribution is -2.32. The number of amides is 1. The third-order valence-corrected chi connectivity index (χ3v) is 4.14. The third-order valence-electron chi connectivity index (χ3n) is 2.44. The predicted octanol–water partition coefficient (Wildman–Crippen LogP) is 2.70. The monoisotopic (exact) mass is 360 g/mol. The molecule has 0 aromatic heterocycles. The highest BCUT2D eigenvalue weighted by Gasteiger charge is 2.15. The van der Waals surface area contributed by atoms with Gasteiger partial charge in [-0.3, -0.25) is 0 Å². The Balaban J connectivity index is 2.36. The average molecular weight is 361 g/mol. The fraction of sp³-hybridized carbons (Fsp3) is 0.400. The van der Waals surface area contributed by atoms with Crippen LogP contribution in [0.25, 0.3) is 0 Å². The van der Waals surface area contributed by atoms with E-state index in [-0.39, 0.29) is 18.0 Å². The van der Waals surface area contributed by atoms with Crippen molar-refractivity contribution in [1.82, 2.24) is 10.0 Å². The van der Waals surface area contributed by atoms with Crippen molar-refractivity contribution < 1.29 is 17.9 Å². The van der Waals surface area contributed by atoms with Gasteiger partial charge in [-0.25, -0.2) is 17.9 Å². The van der Waals surface area contributed by atoms with E-state index in [1.165, 1.54) is 24.3 Å². The summed E-state index contributed by atoms with van der Waals surface area (Å²) in [5.41, 5.74) is -0.554. The van der Waals surface area contributed by atoms with Crippen LogP contribution in [0.3, 0.4) is 0 Å². The molecule has 23 heavy (non-hydrogen) atoms. The average Bonchev–Trinajstić information content (AvgIpc) is 2.41. The molecular formula is C15H21ClN2O4S. The van der Waals surface area contributed by atoms with Gasteiger partial charge in [-0.05, 0) is 45.0 Å². The molecule has 1 aromatic rings. The molecule has 1 amide bonds. The molecule has 2 N–H and O–H groups in total. The Bertz CT molecular complexity index is 649. The van der Waals surface area contributed by atoms with Crippen LogP contribution in [0.5, 0.6) is 0 Å². The van der Waals surface area contributed by atoms with E-state index in [1.807, 2.05) is 0 Å². The molecule has 8 heteroatoms. The largest absolute Gasteiger partial charge is 0.444 e. The summed E-state index contributed by atoms with van der Waals surface area (Å²) in [5.74, 6) is 0. The van der Waals surface area contributed by atoms with Gasteiger partial charge in [0.2, 0.25) is 10.0 Å². The smallest absolute Gasteiger partial charge is 0.407 e. The summed E-state index contributed by atoms with van der Waals surface area (Å²) < 4.78 is 31.4. The zero-order chi connectivity index (χ0) is 17.5. The zero-order valence-corrected chi connectivity index (χ0v) is 14.9. The van der Waals surface area contributed by atoms with E-state index in [2.05, 4.69) is 10.0 Å². The number of sulfonamides is 1. The minimum atomic E-state index is -3.58. The van der Waals surface area contributed by atoms with Crippen molar-refractivity contribution >= 4 is 27.7 Å². The molecule has 0 aliphatic heterocycles. The lowest BCUT2D eigenvalue weighted by Gasteiger charge is -2.19. The molecule has 1 aromatic carbocycles. The molecule has 1 rings (SSSR count). The van der Waals surface area contributed by atoms with Crippen molar-refractivity contribution in [2.24, 2.45) is 0 Å². The number of hydrogen-bond acceptors (Lipinski definition) is 4. The minimum Gasteiger partial charge on any atom is -0.444 e. The van der Waals surface area contributed by atoms with E-state index in [9.17, 15) is 13.2 Å². The molecule has 0 saturated carbocycles. The van der Waals surface area contributed by atoms with E-state index in [0.29, 0.717) is 5.02 Å². The number of ether oxygens (including phenoxy) is 1. The molecule has 0 aliphatic carbocycles. The van der Waals surface area contributed by atoms with Crippen LogP contribution in [0, 0.1) is 0 Å². The van der Waals surface area contributed by atoms with Gasteiger partial charge >= 0.3 is 6.09 Å². The van der Waals surface area contributed by atoms with Gasteiger partial charge in [-0.15, -0.1) is 0 Å². The normalized spacial score (nSPS) is 12.3. The Hall–Kier alpha value is -1.57. The van der Waals surface area contributed by atoms with Crippen molar-refractivity contribution in [3.8, 4) is 0 Å². The van der Waals surface area contributed by atoms with Crippen molar-refractivity contribution in [3.63, 3.8) is 0 Å². The van der Waals surface area contributed by atoms with Crippen molar-refractivity contribution in [2.75, 3.05) is 13.1 Å². The molecule has 0 unspecified atom stereocenters. The van der Waals surface area contributed by atoms with Crippen LogP contribution in [0.2, 0.25) is 5.02 Å². The van der Waals surface area contributed by atoms with Gasteiger partial charge in [0.15, 0.2) is 0 Å². The van der Waals surface area contributed by atoms with Crippen LogP contribution in [0.15, 0.2) is 41.3 Å². The van der Waals surface area contributed by atoms with Gasteiger partial charge in [-0.1, -0.05) is 23.8 Å². The van der Waals surface area contributed by atoms with Gasteiger partial charge in [0.25, 0.3) is 0 Å². The van der Waals surface area contributed by atoms with E-state index in [0.717, 1.165) is 0 Å². The Kier molecular flexibility index (Phi) is 7.05. The van der Waals surface area contributed by atoms with Gasteiger partial charge < -0.3 is 10.1 Å². The topological polar surface area (TPSA) is 84.5 Å². The molecule has 0 atom stereocenters. The fourth-order valence-electron chi connectivity index (χ4n) is 1.48. The predicted molar refractivity (Wildman–Crippen MR) is 90.0 cm³/mol. The van der Waals surface area contributed by atoms with Crippen LogP contribution in [-0.4, -0.2) is 33.2 Å². The van der Waals surface area contributed by atoms with Crippen LogP contribution in [0.4, 0.5) is 4.79 Å². The second-order valence-corrected chi connectivity index (χ2v) is 7.86. The number of carbonyl (C=O) groups is 1. The molecule has 128 valence electrons. The summed E-state index contributed by atoms with van der Waals surface area (Å²) in [7, 11) is -3.58. The third kappa shape index (κ3) is 8.01. The van der Waals surface area contributed by atoms with Crippen LogP contribution in [0.1, 0.15) is 20.8 Å². The molecule has 0 heterocycles. The molecule has 0 aliphatic rings. The maximum Gasteiger partial charge on any atom is 0.407 e. The summed E-state index contributed by atoms with van der Waals surface area (Å²) in [6.45, 7) is 5.68. The summed E-state index contributed by atoms with van der Waals surface area (Å²) in [5, 5.41) is 3.00. The zero-order valence-electron chi connectivity index (χ0n) is 13.3. The van der Waals surface area contributed by atoms with Gasteiger partial charge in [0.1, 0.15) is 5.60 Å².